The van der Waals surface area contributed by atoms with Crippen molar-refractivity contribution in [3.8, 4) is 11.5 Å². The van der Waals surface area contributed by atoms with Gasteiger partial charge in [0.1, 0.15) is 29.7 Å². The molecule has 0 spiro atoms. The van der Waals surface area contributed by atoms with Crippen LogP contribution in [0.1, 0.15) is 11.1 Å². The fraction of sp³-hybridized carbons (Fsp3) is 0.188. The zero-order valence-electron chi connectivity index (χ0n) is 11.3. The molecule has 0 aromatic heterocycles. The molecule has 0 bridgehead atoms. The summed E-state index contributed by atoms with van der Waals surface area (Å²) in [5.74, 6) is 1.63. The second-order valence-corrected chi connectivity index (χ2v) is 4.84. The molecule has 104 valence electrons. The van der Waals surface area contributed by atoms with Gasteiger partial charge in [-0.3, -0.25) is 0 Å². The van der Waals surface area contributed by atoms with Gasteiger partial charge in [-0.15, -0.1) is 0 Å². The van der Waals surface area contributed by atoms with Gasteiger partial charge in [-0.1, -0.05) is 24.4 Å². The number of ether oxygens (including phenoxy) is 2. The maximum Gasteiger partial charge on any atom is 0.122 e. The summed E-state index contributed by atoms with van der Waals surface area (Å²) in [6.07, 6.45) is 0. The monoisotopic (exact) mass is 287 g/mol. The molecule has 0 amide bonds. The van der Waals surface area contributed by atoms with Crippen molar-refractivity contribution in [2.45, 2.75) is 6.92 Å². The van der Waals surface area contributed by atoms with Crippen LogP contribution in [0.2, 0.25) is 0 Å². The van der Waals surface area contributed by atoms with Gasteiger partial charge in [-0.25, -0.2) is 0 Å². The third-order valence-electron chi connectivity index (χ3n) is 2.75. The van der Waals surface area contributed by atoms with E-state index in [1.165, 1.54) is 5.56 Å². The van der Waals surface area contributed by atoms with Crippen molar-refractivity contribution < 1.29 is 9.47 Å². The number of rotatable bonds is 6. The van der Waals surface area contributed by atoms with Crippen molar-refractivity contribution in [1.82, 2.24) is 0 Å². The smallest absolute Gasteiger partial charge is 0.122 e. The molecule has 0 saturated carbocycles. The Kier molecular flexibility index (Phi) is 4.96. The molecule has 0 fully saturated rings. The summed E-state index contributed by atoms with van der Waals surface area (Å²) >= 11 is 4.89. The van der Waals surface area contributed by atoms with Crippen LogP contribution in [0.3, 0.4) is 0 Å². The van der Waals surface area contributed by atoms with Gasteiger partial charge < -0.3 is 15.2 Å². The standard InChI is InChI=1S/C16H17NO2S/c1-12-3-2-4-15(11-12)19-10-9-18-14-7-5-13(6-8-14)16(17)20/h2-8,11H,9-10H2,1H3,(H2,17,20). The fourth-order valence-corrected chi connectivity index (χ4v) is 1.88. The average molecular weight is 287 g/mol. The van der Waals surface area contributed by atoms with Crippen LogP contribution in [0, 0.1) is 6.92 Å². The highest BCUT2D eigenvalue weighted by Gasteiger charge is 1.98. The number of hydrogen-bond donors (Lipinski definition) is 1. The van der Waals surface area contributed by atoms with Crippen LogP contribution in [0.15, 0.2) is 48.5 Å². The lowest BCUT2D eigenvalue weighted by Gasteiger charge is -2.09. The molecule has 0 aliphatic carbocycles. The Morgan fingerprint density at radius 3 is 2.25 bits per heavy atom. The second kappa shape index (κ2) is 6.91. The molecule has 2 N–H and O–H groups in total. The first-order valence-electron chi connectivity index (χ1n) is 6.37. The molecule has 0 aliphatic rings. The Morgan fingerprint density at radius 2 is 1.65 bits per heavy atom. The van der Waals surface area contributed by atoms with Crippen molar-refractivity contribution in [2.75, 3.05) is 13.2 Å². The van der Waals surface area contributed by atoms with E-state index < -0.39 is 0 Å². The van der Waals surface area contributed by atoms with E-state index in [1.54, 1.807) is 0 Å². The highest BCUT2D eigenvalue weighted by Crippen LogP contribution is 2.14. The molecular weight excluding hydrogens is 270 g/mol. The maximum absolute atomic E-state index is 5.60. The Hall–Kier alpha value is -2.07. The van der Waals surface area contributed by atoms with Crippen molar-refractivity contribution >= 4 is 17.2 Å². The number of benzene rings is 2. The van der Waals surface area contributed by atoms with Crippen LogP contribution in [0.25, 0.3) is 0 Å². The Morgan fingerprint density at radius 1 is 1.00 bits per heavy atom. The van der Waals surface area contributed by atoms with Crippen LogP contribution < -0.4 is 15.2 Å². The third-order valence-corrected chi connectivity index (χ3v) is 2.98. The zero-order valence-corrected chi connectivity index (χ0v) is 12.2. The number of nitrogens with two attached hydrogens (primary N) is 1. The summed E-state index contributed by atoms with van der Waals surface area (Å²) in [4.78, 5) is 0.388. The van der Waals surface area contributed by atoms with E-state index in [9.17, 15) is 0 Å². The molecule has 2 aromatic rings. The first-order valence-corrected chi connectivity index (χ1v) is 6.78. The normalized spacial score (nSPS) is 10.1. The summed E-state index contributed by atoms with van der Waals surface area (Å²) in [6.45, 7) is 3.02. The number of aryl methyl sites for hydroxylation is 1. The van der Waals surface area contributed by atoms with Gasteiger partial charge in [0, 0.05) is 5.56 Å². The molecule has 0 unspecified atom stereocenters. The summed E-state index contributed by atoms with van der Waals surface area (Å²) < 4.78 is 11.2. The fourth-order valence-electron chi connectivity index (χ4n) is 1.74. The van der Waals surface area contributed by atoms with Crippen LogP contribution in [0.4, 0.5) is 0 Å². The van der Waals surface area contributed by atoms with E-state index >= 15 is 0 Å². The Bertz CT molecular complexity index is 581. The molecule has 2 rings (SSSR count). The van der Waals surface area contributed by atoms with Gasteiger partial charge in [0.25, 0.3) is 0 Å². The van der Waals surface area contributed by atoms with Crippen molar-refractivity contribution in [1.29, 1.82) is 0 Å². The second-order valence-electron chi connectivity index (χ2n) is 4.40. The molecular formula is C16H17NO2S. The average Bonchev–Trinajstić information content (AvgIpc) is 2.44. The summed E-state index contributed by atoms with van der Waals surface area (Å²) in [5.41, 5.74) is 7.55. The first kappa shape index (κ1) is 14.3. The van der Waals surface area contributed by atoms with Gasteiger partial charge in [0.15, 0.2) is 0 Å². The van der Waals surface area contributed by atoms with Crippen molar-refractivity contribution in [3.05, 3.63) is 59.7 Å². The molecule has 3 nitrogen and oxygen atoms in total. The number of thiocarbonyl (C=S) groups is 1. The lowest BCUT2D eigenvalue weighted by atomic mass is 10.2. The largest absolute Gasteiger partial charge is 0.490 e. The van der Waals surface area contributed by atoms with E-state index in [0.717, 1.165) is 17.1 Å². The SMILES string of the molecule is Cc1cccc(OCCOc2ccc(C(N)=S)cc2)c1. The maximum atomic E-state index is 5.60. The predicted octanol–water partition coefficient (Wildman–Crippen LogP) is 3.09. The molecule has 2 aromatic carbocycles. The van der Waals surface area contributed by atoms with E-state index in [1.807, 2.05) is 55.5 Å². The van der Waals surface area contributed by atoms with Crippen LogP contribution in [-0.4, -0.2) is 18.2 Å². The lowest BCUT2D eigenvalue weighted by molar-refractivity contribution is 0.217. The highest BCUT2D eigenvalue weighted by molar-refractivity contribution is 7.80. The minimum atomic E-state index is 0.388. The van der Waals surface area contributed by atoms with E-state index in [4.69, 9.17) is 27.4 Å². The number of hydrogen-bond acceptors (Lipinski definition) is 3. The molecule has 0 saturated heterocycles. The molecule has 20 heavy (non-hydrogen) atoms. The van der Waals surface area contributed by atoms with Crippen molar-refractivity contribution in [3.63, 3.8) is 0 Å². The van der Waals surface area contributed by atoms with Crippen LogP contribution >= 0.6 is 12.2 Å². The van der Waals surface area contributed by atoms with Gasteiger partial charge in [0.2, 0.25) is 0 Å². The predicted molar refractivity (Wildman–Crippen MR) is 84.5 cm³/mol. The molecule has 0 aliphatic heterocycles. The quantitative estimate of drug-likeness (QED) is 0.655. The van der Waals surface area contributed by atoms with E-state index in [-0.39, 0.29) is 0 Å². The van der Waals surface area contributed by atoms with E-state index in [0.29, 0.717) is 18.2 Å². The Labute approximate surface area is 124 Å². The minimum Gasteiger partial charge on any atom is -0.490 e. The van der Waals surface area contributed by atoms with Crippen molar-refractivity contribution in [2.24, 2.45) is 5.73 Å². The van der Waals surface area contributed by atoms with E-state index in [2.05, 4.69) is 0 Å². The van der Waals surface area contributed by atoms with Gasteiger partial charge in [-0.2, -0.15) is 0 Å². The molecule has 0 radical (unpaired) electrons. The third kappa shape index (κ3) is 4.24. The van der Waals surface area contributed by atoms with Gasteiger partial charge in [0.05, 0.1) is 0 Å². The van der Waals surface area contributed by atoms with Gasteiger partial charge in [-0.05, 0) is 48.9 Å². The lowest BCUT2D eigenvalue weighted by Crippen LogP contribution is -2.10. The summed E-state index contributed by atoms with van der Waals surface area (Å²) in [7, 11) is 0. The first-order chi connectivity index (χ1) is 9.65. The minimum absolute atomic E-state index is 0.388. The van der Waals surface area contributed by atoms with Gasteiger partial charge >= 0.3 is 0 Å². The summed E-state index contributed by atoms with van der Waals surface area (Å²) in [6, 6.07) is 15.3. The molecule has 0 heterocycles. The van der Waals surface area contributed by atoms with Crippen LogP contribution in [-0.2, 0) is 0 Å². The highest BCUT2D eigenvalue weighted by atomic mass is 32.1. The molecule has 0 atom stereocenters. The summed E-state index contributed by atoms with van der Waals surface area (Å²) in [5, 5.41) is 0. The van der Waals surface area contributed by atoms with Crippen LogP contribution in [0.5, 0.6) is 11.5 Å². The Balaban J connectivity index is 1.77. The molecule has 4 heteroatoms. The topological polar surface area (TPSA) is 44.5 Å². The zero-order chi connectivity index (χ0) is 14.4.